The zero-order valence-electron chi connectivity index (χ0n) is 11.3. The first-order valence-electron chi connectivity index (χ1n) is 6.96. The van der Waals surface area contributed by atoms with Crippen LogP contribution < -0.4 is 10.2 Å². The van der Waals surface area contributed by atoms with Crippen LogP contribution in [0.25, 0.3) is 0 Å². The Hall–Kier alpha value is -0.440. The van der Waals surface area contributed by atoms with Crippen molar-refractivity contribution in [1.82, 2.24) is 5.32 Å². The molecule has 108 valence electrons. The summed E-state index contributed by atoms with van der Waals surface area (Å²) in [5, 5.41) is 3.46. The van der Waals surface area contributed by atoms with Crippen LogP contribution in [0.15, 0.2) is 30.3 Å². The number of nitrogens with one attached hydrogen (secondary N) is 1. The van der Waals surface area contributed by atoms with Gasteiger partial charge in [0, 0.05) is 18.3 Å². The lowest BCUT2D eigenvalue weighted by Crippen LogP contribution is -2.44. The molecule has 1 saturated carbocycles. The Morgan fingerprint density at radius 1 is 0.947 bits per heavy atom. The molecule has 0 aromatic heterocycles. The van der Waals surface area contributed by atoms with E-state index in [-0.39, 0.29) is 24.8 Å². The number of halogens is 2. The fraction of sp³-hybridized carbons (Fsp3) is 0.600. The highest BCUT2D eigenvalue weighted by atomic mass is 35.5. The Morgan fingerprint density at radius 3 is 2.16 bits per heavy atom. The van der Waals surface area contributed by atoms with Crippen LogP contribution in [0.2, 0.25) is 0 Å². The molecule has 2 nitrogen and oxygen atoms in total. The summed E-state index contributed by atoms with van der Waals surface area (Å²) >= 11 is 0. The summed E-state index contributed by atoms with van der Waals surface area (Å²) in [5.74, 6) is 0.963. The molecule has 2 aliphatic rings. The molecular weight excluding hydrogens is 279 g/mol. The number of para-hydroxylation sites is 1. The standard InChI is InChI=1S/C15H22N2.2ClH/c1-2-4-14(5-3-1)17(12-13-6-7-13)15-8-10-16-11-9-15;;/h1-5,13,15-16H,6-12H2;2*1H. The summed E-state index contributed by atoms with van der Waals surface area (Å²) in [6.07, 6.45) is 5.46. The van der Waals surface area contributed by atoms with Gasteiger partial charge in [-0.1, -0.05) is 18.2 Å². The van der Waals surface area contributed by atoms with E-state index in [9.17, 15) is 0 Å². The van der Waals surface area contributed by atoms with Crippen molar-refractivity contribution in [2.45, 2.75) is 31.7 Å². The second-order valence-electron chi connectivity index (χ2n) is 5.41. The molecule has 4 heteroatoms. The quantitative estimate of drug-likeness (QED) is 0.916. The van der Waals surface area contributed by atoms with Crippen molar-refractivity contribution in [3.05, 3.63) is 30.3 Å². The molecule has 1 aromatic carbocycles. The third-order valence-electron chi connectivity index (χ3n) is 3.99. The van der Waals surface area contributed by atoms with E-state index in [1.807, 2.05) is 0 Å². The van der Waals surface area contributed by atoms with Crippen LogP contribution in [0, 0.1) is 5.92 Å². The van der Waals surface area contributed by atoms with Crippen LogP contribution in [-0.4, -0.2) is 25.7 Å². The first kappa shape index (κ1) is 16.6. The van der Waals surface area contributed by atoms with Crippen molar-refractivity contribution < 1.29 is 0 Å². The van der Waals surface area contributed by atoms with Crippen LogP contribution in [0.4, 0.5) is 5.69 Å². The van der Waals surface area contributed by atoms with Crippen LogP contribution >= 0.6 is 24.8 Å². The van der Waals surface area contributed by atoms with Crippen LogP contribution in [0.1, 0.15) is 25.7 Å². The van der Waals surface area contributed by atoms with Crippen molar-refractivity contribution in [3.8, 4) is 0 Å². The minimum absolute atomic E-state index is 0. The van der Waals surface area contributed by atoms with Crippen molar-refractivity contribution in [2.75, 3.05) is 24.5 Å². The number of rotatable bonds is 4. The highest BCUT2D eigenvalue weighted by Crippen LogP contribution is 2.33. The van der Waals surface area contributed by atoms with Gasteiger partial charge in [0.2, 0.25) is 0 Å². The summed E-state index contributed by atoms with van der Waals surface area (Å²) in [7, 11) is 0. The molecule has 3 rings (SSSR count). The Bertz CT molecular complexity index is 348. The van der Waals surface area contributed by atoms with Crippen LogP contribution in [-0.2, 0) is 0 Å². The van der Waals surface area contributed by atoms with Crippen molar-refractivity contribution >= 4 is 30.5 Å². The Kier molecular flexibility index (Phi) is 6.98. The molecule has 1 aliphatic heterocycles. The van der Waals surface area contributed by atoms with E-state index in [1.54, 1.807) is 0 Å². The summed E-state index contributed by atoms with van der Waals surface area (Å²) < 4.78 is 0. The normalized spacial score (nSPS) is 19.2. The molecule has 1 N–H and O–H groups in total. The Labute approximate surface area is 128 Å². The number of hydrogen-bond donors (Lipinski definition) is 1. The molecule has 0 atom stereocenters. The minimum Gasteiger partial charge on any atom is -0.368 e. The van der Waals surface area contributed by atoms with E-state index >= 15 is 0 Å². The molecule has 1 heterocycles. The maximum absolute atomic E-state index is 3.46. The third-order valence-corrected chi connectivity index (χ3v) is 3.99. The number of nitrogens with zero attached hydrogens (tertiary/aromatic N) is 1. The Balaban J connectivity index is 0.000000902. The number of anilines is 1. The van der Waals surface area contributed by atoms with Gasteiger partial charge in [0.05, 0.1) is 0 Å². The third kappa shape index (κ3) is 4.55. The Morgan fingerprint density at radius 2 is 1.58 bits per heavy atom. The maximum atomic E-state index is 3.46. The molecule has 0 bridgehead atoms. The average molecular weight is 303 g/mol. The van der Waals surface area contributed by atoms with Gasteiger partial charge >= 0.3 is 0 Å². The molecular formula is C15H24Cl2N2. The second-order valence-corrected chi connectivity index (χ2v) is 5.41. The predicted molar refractivity (Wildman–Crippen MR) is 86.9 cm³/mol. The maximum Gasteiger partial charge on any atom is 0.0368 e. The van der Waals surface area contributed by atoms with E-state index in [4.69, 9.17) is 0 Å². The van der Waals surface area contributed by atoms with Crippen molar-refractivity contribution in [1.29, 1.82) is 0 Å². The predicted octanol–water partition coefficient (Wildman–Crippen LogP) is 3.50. The summed E-state index contributed by atoms with van der Waals surface area (Å²) in [4.78, 5) is 2.67. The van der Waals surface area contributed by atoms with Crippen LogP contribution in [0.5, 0.6) is 0 Å². The largest absolute Gasteiger partial charge is 0.368 e. The smallest absolute Gasteiger partial charge is 0.0368 e. The number of benzene rings is 1. The monoisotopic (exact) mass is 302 g/mol. The fourth-order valence-corrected chi connectivity index (χ4v) is 2.78. The molecule has 0 unspecified atom stereocenters. The fourth-order valence-electron chi connectivity index (χ4n) is 2.78. The lowest BCUT2D eigenvalue weighted by atomic mass is 10.0. The molecule has 0 spiro atoms. The lowest BCUT2D eigenvalue weighted by molar-refractivity contribution is 0.425. The van der Waals surface area contributed by atoms with Gasteiger partial charge in [-0.15, -0.1) is 24.8 Å². The molecule has 1 aromatic rings. The van der Waals surface area contributed by atoms with E-state index < -0.39 is 0 Å². The molecule has 0 amide bonds. The van der Waals surface area contributed by atoms with Gasteiger partial charge in [0.25, 0.3) is 0 Å². The summed E-state index contributed by atoms with van der Waals surface area (Å²) in [5.41, 5.74) is 1.42. The number of piperidine rings is 1. The van der Waals surface area contributed by atoms with E-state index in [0.29, 0.717) is 0 Å². The van der Waals surface area contributed by atoms with Crippen molar-refractivity contribution in [2.24, 2.45) is 5.92 Å². The lowest BCUT2D eigenvalue weighted by Gasteiger charge is -2.36. The van der Waals surface area contributed by atoms with Gasteiger partial charge in [-0.3, -0.25) is 0 Å². The van der Waals surface area contributed by atoms with Gasteiger partial charge in [0.1, 0.15) is 0 Å². The van der Waals surface area contributed by atoms with E-state index in [1.165, 1.54) is 51.0 Å². The summed E-state index contributed by atoms with van der Waals surface area (Å²) in [6.45, 7) is 3.63. The zero-order valence-corrected chi connectivity index (χ0v) is 12.9. The van der Waals surface area contributed by atoms with Crippen LogP contribution in [0.3, 0.4) is 0 Å². The highest BCUT2D eigenvalue weighted by Gasteiger charge is 2.28. The van der Waals surface area contributed by atoms with E-state index in [0.717, 1.165) is 12.0 Å². The van der Waals surface area contributed by atoms with Gasteiger partial charge in [-0.25, -0.2) is 0 Å². The topological polar surface area (TPSA) is 15.3 Å². The first-order chi connectivity index (χ1) is 8.43. The molecule has 19 heavy (non-hydrogen) atoms. The minimum atomic E-state index is 0. The van der Waals surface area contributed by atoms with Gasteiger partial charge in [-0.2, -0.15) is 0 Å². The summed E-state index contributed by atoms with van der Waals surface area (Å²) in [6, 6.07) is 11.7. The highest BCUT2D eigenvalue weighted by molar-refractivity contribution is 5.85. The van der Waals surface area contributed by atoms with Gasteiger partial charge in [-0.05, 0) is 56.8 Å². The number of hydrogen-bond acceptors (Lipinski definition) is 2. The zero-order chi connectivity index (χ0) is 11.5. The first-order valence-corrected chi connectivity index (χ1v) is 6.96. The molecule has 0 radical (unpaired) electrons. The van der Waals surface area contributed by atoms with E-state index in [2.05, 4.69) is 40.5 Å². The van der Waals surface area contributed by atoms with Crippen molar-refractivity contribution in [3.63, 3.8) is 0 Å². The molecule has 2 fully saturated rings. The molecule has 1 saturated heterocycles. The van der Waals surface area contributed by atoms with Gasteiger partial charge < -0.3 is 10.2 Å². The second kappa shape index (κ2) is 7.98. The average Bonchev–Trinajstić information content (AvgIpc) is 3.22. The van der Waals surface area contributed by atoms with Gasteiger partial charge in [0.15, 0.2) is 0 Å². The molecule has 1 aliphatic carbocycles. The SMILES string of the molecule is Cl.Cl.c1ccc(N(CC2CC2)C2CCNCC2)cc1.